The van der Waals surface area contributed by atoms with E-state index in [-0.39, 0.29) is 0 Å². The zero-order valence-corrected chi connectivity index (χ0v) is 10.5. The number of nitrogens with zero attached hydrogens (tertiary/aromatic N) is 1. The minimum atomic E-state index is 0.652. The summed E-state index contributed by atoms with van der Waals surface area (Å²) in [6.07, 6.45) is 5.23. The van der Waals surface area contributed by atoms with E-state index in [1.54, 1.807) is 7.11 Å². The van der Waals surface area contributed by atoms with Gasteiger partial charge < -0.3 is 4.74 Å². The van der Waals surface area contributed by atoms with E-state index in [0.717, 1.165) is 17.5 Å². The molecule has 0 saturated heterocycles. The van der Waals surface area contributed by atoms with E-state index in [2.05, 4.69) is 24.0 Å². The van der Waals surface area contributed by atoms with Gasteiger partial charge in [0.05, 0.1) is 7.11 Å². The lowest BCUT2D eigenvalue weighted by atomic mass is 9.80. The van der Waals surface area contributed by atoms with E-state index in [9.17, 15) is 0 Å². The number of pyridine rings is 1. The van der Waals surface area contributed by atoms with Gasteiger partial charge in [-0.3, -0.25) is 0 Å². The normalized spacial score (nSPS) is 25.4. The molecular formula is C14H21NO. The predicted octanol–water partition coefficient (Wildman–Crippen LogP) is 3.69. The molecule has 2 rings (SSSR count). The van der Waals surface area contributed by atoms with Crippen LogP contribution in [0.2, 0.25) is 0 Å². The van der Waals surface area contributed by atoms with Crippen molar-refractivity contribution >= 4 is 0 Å². The summed E-state index contributed by atoms with van der Waals surface area (Å²) in [7, 11) is 1.72. The largest absolute Gasteiger partial charge is 0.481 e. The van der Waals surface area contributed by atoms with Gasteiger partial charge in [0.15, 0.2) is 0 Å². The molecule has 1 fully saturated rings. The van der Waals surface area contributed by atoms with Crippen molar-refractivity contribution in [3.8, 4) is 5.88 Å². The van der Waals surface area contributed by atoms with Crippen molar-refractivity contribution in [3.63, 3.8) is 0 Å². The molecule has 2 nitrogen and oxygen atoms in total. The van der Waals surface area contributed by atoms with Crippen LogP contribution in [-0.2, 0) is 0 Å². The first kappa shape index (κ1) is 11.4. The van der Waals surface area contributed by atoms with Gasteiger partial charge in [-0.15, -0.1) is 0 Å². The minimum absolute atomic E-state index is 0.652. The highest BCUT2D eigenvalue weighted by molar-refractivity contribution is 5.31. The maximum Gasteiger partial charge on any atom is 0.216 e. The van der Waals surface area contributed by atoms with Crippen LogP contribution in [0.25, 0.3) is 0 Å². The number of aryl methyl sites for hydroxylation is 1. The highest BCUT2D eigenvalue weighted by atomic mass is 16.5. The molecule has 0 radical (unpaired) electrons. The summed E-state index contributed by atoms with van der Waals surface area (Å²) in [6.45, 7) is 4.36. The van der Waals surface area contributed by atoms with Gasteiger partial charge in [-0.25, -0.2) is 4.98 Å². The van der Waals surface area contributed by atoms with Crippen molar-refractivity contribution in [1.29, 1.82) is 0 Å². The maximum atomic E-state index is 5.40. The standard InChI is InChI=1S/C14H21NO/c1-10-4-7-12(8-5-10)13-9-6-11(2)15-14(13)16-3/h6,9-10,12H,4-5,7-8H2,1-3H3. The van der Waals surface area contributed by atoms with Crippen LogP contribution in [0, 0.1) is 12.8 Å². The molecule has 1 aromatic heterocycles. The van der Waals surface area contributed by atoms with E-state index in [4.69, 9.17) is 4.74 Å². The van der Waals surface area contributed by atoms with Crippen LogP contribution in [0.15, 0.2) is 12.1 Å². The fourth-order valence-corrected chi connectivity index (χ4v) is 2.59. The number of methoxy groups -OCH3 is 1. The molecule has 0 aromatic carbocycles. The Hall–Kier alpha value is -1.05. The molecule has 1 heterocycles. The molecule has 1 aliphatic rings. The minimum Gasteiger partial charge on any atom is -0.481 e. The van der Waals surface area contributed by atoms with Crippen LogP contribution >= 0.6 is 0 Å². The molecule has 0 amide bonds. The molecule has 0 aliphatic heterocycles. The average molecular weight is 219 g/mol. The second-order valence-electron chi connectivity index (χ2n) is 5.01. The van der Waals surface area contributed by atoms with Gasteiger partial charge in [0.1, 0.15) is 0 Å². The molecule has 0 spiro atoms. The topological polar surface area (TPSA) is 22.1 Å². The number of aromatic nitrogens is 1. The molecule has 1 saturated carbocycles. The highest BCUT2D eigenvalue weighted by Crippen LogP contribution is 2.38. The Kier molecular flexibility index (Phi) is 3.47. The lowest BCUT2D eigenvalue weighted by Gasteiger charge is -2.27. The van der Waals surface area contributed by atoms with E-state index in [1.165, 1.54) is 31.2 Å². The fourth-order valence-electron chi connectivity index (χ4n) is 2.59. The van der Waals surface area contributed by atoms with Crippen LogP contribution < -0.4 is 4.74 Å². The van der Waals surface area contributed by atoms with Gasteiger partial charge in [0.2, 0.25) is 5.88 Å². The van der Waals surface area contributed by atoms with E-state index < -0.39 is 0 Å². The third kappa shape index (κ3) is 2.37. The number of ether oxygens (including phenoxy) is 1. The SMILES string of the molecule is COc1nc(C)ccc1C1CCC(C)CC1. The van der Waals surface area contributed by atoms with Gasteiger partial charge in [-0.1, -0.05) is 25.8 Å². The third-order valence-corrected chi connectivity index (χ3v) is 3.68. The number of hydrogen-bond donors (Lipinski definition) is 0. The van der Waals surface area contributed by atoms with Crippen molar-refractivity contribution in [2.45, 2.75) is 45.4 Å². The monoisotopic (exact) mass is 219 g/mol. The molecule has 0 unspecified atom stereocenters. The fraction of sp³-hybridized carbons (Fsp3) is 0.643. The van der Waals surface area contributed by atoms with Gasteiger partial charge in [0, 0.05) is 11.3 Å². The molecule has 0 atom stereocenters. The quantitative estimate of drug-likeness (QED) is 0.756. The van der Waals surface area contributed by atoms with E-state index in [1.807, 2.05) is 6.92 Å². The summed E-state index contributed by atoms with van der Waals surface area (Å²) in [4.78, 5) is 4.46. The van der Waals surface area contributed by atoms with Gasteiger partial charge in [-0.05, 0) is 37.7 Å². The zero-order chi connectivity index (χ0) is 11.5. The Morgan fingerprint density at radius 3 is 2.50 bits per heavy atom. The van der Waals surface area contributed by atoms with Crippen LogP contribution in [0.5, 0.6) is 5.88 Å². The first-order chi connectivity index (χ1) is 7.70. The first-order valence-electron chi connectivity index (χ1n) is 6.22. The van der Waals surface area contributed by atoms with Crippen molar-refractivity contribution in [3.05, 3.63) is 23.4 Å². The summed E-state index contributed by atoms with van der Waals surface area (Å²) < 4.78 is 5.40. The second-order valence-corrected chi connectivity index (χ2v) is 5.01. The van der Waals surface area contributed by atoms with Gasteiger partial charge in [-0.2, -0.15) is 0 Å². The molecular weight excluding hydrogens is 198 g/mol. The maximum absolute atomic E-state index is 5.40. The lowest BCUT2D eigenvalue weighted by Crippen LogP contribution is -2.12. The highest BCUT2D eigenvalue weighted by Gasteiger charge is 2.22. The predicted molar refractivity (Wildman–Crippen MR) is 65.9 cm³/mol. The number of hydrogen-bond acceptors (Lipinski definition) is 2. The molecule has 0 N–H and O–H groups in total. The Balaban J connectivity index is 2.19. The molecule has 2 heteroatoms. The average Bonchev–Trinajstić information content (AvgIpc) is 2.30. The molecule has 88 valence electrons. The van der Waals surface area contributed by atoms with E-state index in [0.29, 0.717) is 5.92 Å². The lowest BCUT2D eigenvalue weighted by molar-refractivity contribution is 0.332. The Labute approximate surface area is 98.0 Å². The van der Waals surface area contributed by atoms with Crippen molar-refractivity contribution in [1.82, 2.24) is 4.98 Å². The van der Waals surface area contributed by atoms with Crippen LogP contribution in [0.1, 0.15) is 49.8 Å². The van der Waals surface area contributed by atoms with Crippen LogP contribution in [-0.4, -0.2) is 12.1 Å². The summed E-state index contributed by atoms with van der Waals surface area (Å²) in [5.41, 5.74) is 2.34. The molecule has 1 aliphatic carbocycles. The van der Waals surface area contributed by atoms with Crippen molar-refractivity contribution in [2.75, 3.05) is 7.11 Å². The van der Waals surface area contributed by atoms with Gasteiger partial charge in [0.25, 0.3) is 0 Å². The second kappa shape index (κ2) is 4.86. The zero-order valence-electron chi connectivity index (χ0n) is 10.5. The van der Waals surface area contributed by atoms with Crippen molar-refractivity contribution < 1.29 is 4.74 Å². The summed E-state index contributed by atoms with van der Waals surface area (Å²) >= 11 is 0. The van der Waals surface area contributed by atoms with Crippen LogP contribution in [0.4, 0.5) is 0 Å². The van der Waals surface area contributed by atoms with E-state index >= 15 is 0 Å². The Bertz CT molecular complexity index is 354. The van der Waals surface area contributed by atoms with Gasteiger partial charge >= 0.3 is 0 Å². The molecule has 1 aromatic rings. The van der Waals surface area contributed by atoms with Crippen LogP contribution in [0.3, 0.4) is 0 Å². The summed E-state index contributed by atoms with van der Waals surface area (Å²) in [6, 6.07) is 4.29. The summed E-state index contributed by atoms with van der Waals surface area (Å²) in [5.74, 6) is 2.37. The third-order valence-electron chi connectivity index (χ3n) is 3.68. The number of rotatable bonds is 2. The summed E-state index contributed by atoms with van der Waals surface area (Å²) in [5, 5.41) is 0. The molecule has 0 bridgehead atoms. The first-order valence-corrected chi connectivity index (χ1v) is 6.22. The van der Waals surface area contributed by atoms with Crippen molar-refractivity contribution in [2.24, 2.45) is 5.92 Å². The smallest absolute Gasteiger partial charge is 0.216 e. The Morgan fingerprint density at radius 2 is 1.88 bits per heavy atom. The Morgan fingerprint density at radius 1 is 1.19 bits per heavy atom. The molecule has 16 heavy (non-hydrogen) atoms.